The van der Waals surface area contributed by atoms with E-state index in [1.165, 1.54) is 6.42 Å². The van der Waals surface area contributed by atoms with E-state index in [2.05, 4.69) is 5.32 Å². The van der Waals surface area contributed by atoms with Crippen molar-refractivity contribution in [1.82, 2.24) is 0 Å². The van der Waals surface area contributed by atoms with Crippen LogP contribution in [-0.4, -0.2) is 18.1 Å². The molecule has 2 amide bonds. The molecule has 5 heteroatoms. The third kappa shape index (κ3) is 4.21. The number of amides is 2. The Morgan fingerprint density at radius 3 is 2.52 bits per heavy atom. The molecule has 0 saturated heterocycles. The summed E-state index contributed by atoms with van der Waals surface area (Å²) in [6.45, 7) is 1.92. The van der Waals surface area contributed by atoms with Gasteiger partial charge in [0.2, 0.25) is 0 Å². The monoisotopic (exact) mass is 290 g/mol. The molecule has 114 valence electrons. The number of anilines is 1. The molecule has 0 heterocycles. The van der Waals surface area contributed by atoms with Crippen molar-refractivity contribution in [3.63, 3.8) is 0 Å². The van der Waals surface area contributed by atoms with Crippen molar-refractivity contribution in [3.05, 3.63) is 29.8 Å². The van der Waals surface area contributed by atoms with Gasteiger partial charge < -0.3 is 15.8 Å². The second-order valence-electron chi connectivity index (χ2n) is 5.56. The number of primary amides is 1. The van der Waals surface area contributed by atoms with E-state index in [9.17, 15) is 9.59 Å². The number of carbonyl (C=O) groups excluding carboxylic acids is 2. The van der Waals surface area contributed by atoms with Crippen LogP contribution in [-0.2, 0) is 9.53 Å². The van der Waals surface area contributed by atoms with E-state index in [0.717, 1.165) is 36.9 Å². The molecule has 1 aromatic rings. The van der Waals surface area contributed by atoms with Crippen LogP contribution in [0.1, 0.15) is 37.7 Å². The van der Waals surface area contributed by atoms with E-state index in [4.69, 9.17) is 10.5 Å². The summed E-state index contributed by atoms with van der Waals surface area (Å²) in [6, 6.07) is 7.51. The average molecular weight is 290 g/mol. The Morgan fingerprint density at radius 2 is 1.90 bits per heavy atom. The lowest BCUT2D eigenvalue weighted by Crippen LogP contribution is -2.40. The lowest BCUT2D eigenvalue weighted by Gasteiger charge is -2.28. The molecule has 1 saturated carbocycles. The van der Waals surface area contributed by atoms with Crippen LogP contribution >= 0.6 is 0 Å². The number of para-hydroxylation sites is 1. The van der Waals surface area contributed by atoms with Gasteiger partial charge in [-0.25, -0.2) is 4.79 Å². The number of carbonyl (C=O) groups is 2. The first kappa shape index (κ1) is 15.4. The first-order valence-electron chi connectivity index (χ1n) is 7.40. The number of rotatable bonds is 4. The zero-order chi connectivity index (χ0) is 15.2. The van der Waals surface area contributed by atoms with E-state index < -0.39 is 12.2 Å². The van der Waals surface area contributed by atoms with Gasteiger partial charge in [-0.3, -0.25) is 4.79 Å². The van der Waals surface area contributed by atoms with Gasteiger partial charge in [-0.1, -0.05) is 37.5 Å². The minimum atomic E-state index is -0.898. The van der Waals surface area contributed by atoms with Gasteiger partial charge in [0.1, 0.15) is 0 Å². The molecule has 1 aliphatic carbocycles. The van der Waals surface area contributed by atoms with E-state index in [-0.39, 0.29) is 11.8 Å². The zero-order valence-electron chi connectivity index (χ0n) is 12.3. The third-order valence-corrected chi connectivity index (χ3v) is 3.98. The molecular weight excluding hydrogens is 268 g/mol. The fourth-order valence-electron chi connectivity index (χ4n) is 2.84. The van der Waals surface area contributed by atoms with Gasteiger partial charge in [0.15, 0.2) is 6.10 Å². The second-order valence-corrected chi connectivity index (χ2v) is 5.56. The molecule has 2 rings (SSSR count). The number of nitrogens with one attached hydrogen (secondary N) is 1. The first-order chi connectivity index (χ1) is 10.1. The van der Waals surface area contributed by atoms with Crippen molar-refractivity contribution in [3.8, 4) is 0 Å². The normalized spacial score (nSPS) is 17.0. The van der Waals surface area contributed by atoms with Gasteiger partial charge in [0.25, 0.3) is 5.91 Å². The highest BCUT2D eigenvalue weighted by atomic mass is 16.6. The number of nitrogens with two attached hydrogens (primary N) is 1. The standard InChI is InChI=1S/C16H22N2O3/c1-11-7-5-6-10-13(11)18-15(19)14(21-16(17)20)12-8-3-2-4-9-12/h5-7,10,12,14H,2-4,8-9H2,1H3,(H2,17,20)(H,18,19). The van der Waals surface area contributed by atoms with E-state index in [0.29, 0.717) is 0 Å². The second kappa shape index (κ2) is 7.11. The fraction of sp³-hybridized carbons (Fsp3) is 0.500. The Kier molecular flexibility index (Phi) is 5.20. The smallest absolute Gasteiger partial charge is 0.405 e. The molecule has 0 radical (unpaired) electrons. The van der Waals surface area contributed by atoms with Crippen LogP contribution in [0.4, 0.5) is 10.5 Å². The third-order valence-electron chi connectivity index (χ3n) is 3.98. The van der Waals surface area contributed by atoms with Crippen LogP contribution in [0.3, 0.4) is 0 Å². The van der Waals surface area contributed by atoms with Gasteiger partial charge in [-0.2, -0.15) is 0 Å². The average Bonchev–Trinajstić information content (AvgIpc) is 2.48. The summed E-state index contributed by atoms with van der Waals surface area (Å²) >= 11 is 0. The van der Waals surface area contributed by atoms with Crippen molar-refractivity contribution in [2.24, 2.45) is 11.7 Å². The summed E-state index contributed by atoms with van der Waals surface area (Å²) in [5.41, 5.74) is 6.82. The summed E-state index contributed by atoms with van der Waals surface area (Å²) < 4.78 is 5.09. The minimum absolute atomic E-state index is 0.0512. The van der Waals surface area contributed by atoms with Gasteiger partial charge in [-0.15, -0.1) is 0 Å². The van der Waals surface area contributed by atoms with Crippen molar-refractivity contribution in [2.45, 2.75) is 45.1 Å². The Labute approximate surface area is 124 Å². The molecular formula is C16H22N2O3. The molecule has 1 unspecified atom stereocenters. The summed E-state index contributed by atoms with van der Waals surface area (Å²) in [4.78, 5) is 23.6. The number of ether oxygens (including phenoxy) is 1. The van der Waals surface area contributed by atoms with Crippen LogP contribution in [0.5, 0.6) is 0 Å². The molecule has 1 fully saturated rings. The Balaban J connectivity index is 2.10. The van der Waals surface area contributed by atoms with Crippen LogP contribution in [0.25, 0.3) is 0 Å². The maximum Gasteiger partial charge on any atom is 0.405 e. The van der Waals surface area contributed by atoms with Crippen molar-refractivity contribution in [2.75, 3.05) is 5.32 Å². The van der Waals surface area contributed by atoms with Crippen LogP contribution in [0.2, 0.25) is 0 Å². The minimum Gasteiger partial charge on any atom is -0.436 e. The van der Waals surface area contributed by atoms with E-state index in [1.807, 2.05) is 31.2 Å². The maximum atomic E-state index is 12.5. The zero-order valence-corrected chi connectivity index (χ0v) is 12.3. The molecule has 1 aliphatic rings. The van der Waals surface area contributed by atoms with Gasteiger partial charge in [-0.05, 0) is 31.4 Å². The Morgan fingerprint density at radius 1 is 1.24 bits per heavy atom. The van der Waals surface area contributed by atoms with Gasteiger partial charge >= 0.3 is 6.09 Å². The summed E-state index contributed by atoms with van der Waals surface area (Å²) in [6.07, 6.45) is 3.35. The molecule has 1 atom stereocenters. The van der Waals surface area contributed by atoms with Crippen molar-refractivity contribution < 1.29 is 14.3 Å². The topological polar surface area (TPSA) is 81.4 Å². The highest BCUT2D eigenvalue weighted by Crippen LogP contribution is 2.29. The molecule has 21 heavy (non-hydrogen) atoms. The SMILES string of the molecule is Cc1ccccc1NC(=O)C(OC(N)=O)C1CCCCC1. The van der Waals surface area contributed by atoms with Crippen molar-refractivity contribution in [1.29, 1.82) is 0 Å². The molecule has 5 nitrogen and oxygen atoms in total. The lowest BCUT2D eigenvalue weighted by atomic mass is 9.85. The number of hydrogen-bond acceptors (Lipinski definition) is 3. The fourth-order valence-corrected chi connectivity index (χ4v) is 2.84. The molecule has 0 spiro atoms. The van der Waals surface area contributed by atoms with Crippen LogP contribution in [0, 0.1) is 12.8 Å². The molecule has 1 aromatic carbocycles. The lowest BCUT2D eigenvalue weighted by molar-refractivity contribution is -0.127. The Bertz CT molecular complexity index is 510. The molecule has 3 N–H and O–H groups in total. The van der Waals surface area contributed by atoms with Gasteiger partial charge in [0.05, 0.1) is 0 Å². The molecule has 0 aromatic heterocycles. The summed E-state index contributed by atoms with van der Waals surface area (Å²) in [5, 5.41) is 2.84. The first-order valence-corrected chi connectivity index (χ1v) is 7.40. The Hall–Kier alpha value is -2.04. The molecule has 0 aliphatic heterocycles. The largest absolute Gasteiger partial charge is 0.436 e. The van der Waals surface area contributed by atoms with Crippen molar-refractivity contribution >= 4 is 17.7 Å². The maximum absolute atomic E-state index is 12.5. The predicted molar refractivity (Wildman–Crippen MR) is 80.8 cm³/mol. The summed E-state index contributed by atoms with van der Waals surface area (Å²) in [5.74, 6) is -0.245. The van der Waals surface area contributed by atoms with E-state index in [1.54, 1.807) is 0 Å². The summed E-state index contributed by atoms with van der Waals surface area (Å²) in [7, 11) is 0. The van der Waals surface area contributed by atoms with Gasteiger partial charge in [0, 0.05) is 11.6 Å². The molecule has 0 bridgehead atoms. The predicted octanol–water partition coefficient (Wildman–Crippen LogP) is 2.98. The van der Waals surface area contributed by atoms with Crippen LogP contribution in [0.15, 0.2) is 24.3 Å². The number of aryl methyl sites for hydroxylation is 1. The highest BCUT2D eigenvalue weighted by molar-refractivity contribution is 5.96. The van der Waals surface area contributed by atoms with E-state index >= 15 is 0 Å². The van der Waals surface area contributed by atoms with Crippen LogP contribution < -0.4 is 11.1 Å². The number of benzene rings is 1. The number of hydrogen-bond donors (Lipinski definition) is 2. The highest BCUT2D eigenvalue weighted by Gasteiger charge is 2.32. The quantitative estimate of drug-likeness (QED) is 0.894.